The molecule has 0 aliphatic carbocycles. The number of carbonyl (C=O) groups is 2. The number of para-hydroxylation sites is 2. The Hall–Kier alpha value is -4.06. The van der Waals surface area contributed by atoms with E-state index in [4.69, 9.17) is 18.9 Å². The number of hydrogen-bond acceptors (Lipinski definition) is 6. The van der Waals surface area contributed by atoms with E-state index in [-0.39, 0.29) is 11.9 Å². The number of benzene rings is 3. The van der Waals surface area contributed by atoms with Crippen molar-refractivity contribution in [2.75, 3.05) is 27.4 Å². The van der Waals surface area contributed by atoms with Crippen molar-refractivity contribution in [2.45, 2.75) is 44.9 Å². The van der Waals surface area contributed by atoms with Crippen LogP contribution in [0.2, 0.25) is 0 Å². The second-order valence-electron chi connectivity index (χ2n) is 9.58. The summed E-state index contributed by atoms with van der Waals surface area (Å²) in [5.74, 6) is 1.54. The van der Waals surface area contributed by atoms with E-state index in [0.717, 1.165) is 61.2 Å². The van der Waals surface area contributed by atoms with Crippen LogP contribution in [0.1, 0.15) is 53.6 Å². The molecule has 0 saturated heterocycles. The van der Waals surface area contributed by atoms with Crippen LogP contribution in [0.15, 0.2) is 91.0 Å². The smallest absolute Gasteiger partial charge is 0.337 e. The van der Waals surface area contributed by atoms with Crippen molar-refractivity contribution in [3.63, 3.8) is 0 Å². The summed E-state index contributed by atoms with van der Waals surface area (Å²) in [4.78, 5) is 23.3. The van der Waals surface area contributed by atoms with Gasteiger partial charge in [0.1, 0.15) is 11.5 Å². The Labute approximate surface area is 237 Å². The van der Waals surface area contributed by atoms with Gasteiger partial charge in [-0.15, -0.1) is 0 Å². The van der Waals surface area contributed by atoms with Crippen LogP contribution < -0.4 is 9.47 Å². The minimum absolute atomic E-state index is 0.172. The molecule has 0 amide bonds. The van der Waals surface area contributed by atoms with E-state index >= 15 is 0 Å². The lowest BCUT2D eigenvalue weighted by atomic mass is 9.92. The number of unbranched alkanes of at least 4 members (excludes halogenated alkanes) is 1. The van der Waals surface area contributed by atoms with Gasteiger partial charge in [0.25, 0.3) is 0 Å². The lowest BCUT2D eigenvalue weighted by Gasteiger charge is -2.14. The molecule has 0 fully saturated rings. The summed E-state index contributed by atoms with van der Waals surface area (Å²) < 4.78 is 21.4. The quantitative estimate of drug-likeness (QED) is 0.103. The number of allylic oxidation sites excluding steroid dienone is 2. The van der Waals surface area contributed by atoms with Crippen molar-refractivity contribution in [3.8, 4) is 11.5 Å². The summed E-state index contributed by atoms with van der Waals surface area (Å²) in [5, 5.41) is 0. The molecule has 0 aliphatic rings. The van der Waals surface area contributed by atoms with Crippen LogP contribution in [0.3, 0.4) is 0 Å². The monoisotopic (exact) mass is 544 g/mol. The summed E-state index contributed by atoms with van der Waals surface area (Å²) in [6, 6.07) is 25.5. The van der Waals surface area contributed by atoms with Crippen LogP contribution >= 0.6 is 0 Å². The second kappa shape index (κ2) is 17.5. The van der Waals surface area contributed by atoms with E-state index in [9.17, 15) is 9.59 Å². The average molecular weight is 545 g/mol. The normalized spacial score (nSPS) is 11.7. The second-order valence-corrected chi connectivity index (χ2v) is 9.58. The standard InChI is InChI=1S/C34H40O6/c1-37-33(35)19-9-6-12-27(26-28-20-22-30(23-21-28)34(36)38-2)13-10-15-29-14-7-8-18-32(29)40-25-11-24-39-31-16-4-3-5-17-31/h3-5,7-8,10,13-14,16-18,20-23,27H,6,9,11-12,15,19,24-26H2,1-2H3/b13-10-. The highest BCUT2D eigenvalue weighted by Gasteiger charge is 2.10. The van der Waals surface area contributed by atoms with Crippen molar-refractivity contribution in [1.29, 1.82) is 0 Å². The number of ether oxygens (including phenoxy) is 4. The molecule has 0 aromatic heterocycles. The summed E-state index contributed by atoms with van der Waals surface area (Å²) in [5.41, 5.74) is 2.82. The fourth-order valence-electron chi connectivity index (χ4n) is 4.39. The molecular formula is C34H40O6. The highest BCUT2D eigenvalue weighted by molar-refractivity contribution is 5.89. The number of esters is 2. The molecule has 0 spiro atoms. The molecule has 0 N–H and O–H groups in total. The maximum atomic E-state index is 11.8. The summed E-state index contributed by atoms with van der Waals surface area (Å²) in [7, 11) is 2.81. The Kier molecular flexibility index (Phi) is 13.3. The molecule has 6 nitrogen and oxygen atoms in total. The molecule has 0 radical (unpaired) electrons. The van der Waals surface area contributed by atoms with Gasteiger partial charge in [-0.05, 0) is 73.1 Å². The third-order valence-corrected chi connectivity index (χ3v) is 6.58. The number of methoxy groups -OCH3 is 2. The van der Waals surface area contributed by atoms with E-state index in [1.807, 2.05) is 60.7 Å². The SMILES string of the molecule is COC(=O)CCCCC(/C=C\Cc1ccccc1OCCCOc1ccccc1)Cc1ccc(C(=O)OC)cc1. The Morgan fingerprint density at radius 3 is 2.25 bits per heavy atom. The first-order chi connectivity index (χ1) is 19.6. The first-order valence-corrected chi connectivity index (χ1v) is 13.9. The van der Waals surface area contributed by atoms with Crippen LogP contribution in [0.25, 0.3) is 0 Å². The molecule has 1 unspecified atom stereocenters. The van der Waals surface area contributed by atoms with Gasteiger partial charge < -0.3 is 18.9 Å². The predicted octanol–water partition coefficient (Wildman–Crippen LogP) is 7.01. The molecule has 1 atom stereocenters. The van der Waals surface area contributed by atoms with Gasteiger partial charge >= 0.3 is 11.9 Å². The molecular weight excluding hydrogens is 504 g/mol. The molecule has 3 aromatic carbocycles. The molecule has 40 heavy (non-hydrogen) atoms. The zero-order valence-corrected chi connectivity index (χ0v) is 23.6. The Morgan fingerprint density at radius 2 is 1.50 bits per heavy atom. The van der Waals surface area contributed by atoms with Crippen LogP contribution in [0.5, 0.6) is 11.5 Å². The third kappa shape index (κ3) is 11.0. The van der Waals surface area contributed by atoms with Gasteiger partial charge in [0.15, 0.2) is 0 Å². The highest BCUT2D eigenvalue weighted by atomic mass is 16.5. The summed E-state index contributed by atoms with van der Waals surface area (Å²) in [6.45, 7) is 1.18. The van der Waals surface area contributed by atoms with Crippen molar-refractivity contribution < 1.29 is 28.5 Å². The topological polar surface area (TPSA) is 71.1 Å². The van der Waals surface area contributed by atoms with E-state index < -0.39 is 0 Å². The summed E-state index contributed by atoms with van der Waals surface area (Å²) >= 11 is 0. The largest absolute Gasteiger partial charge is 0.493 e. The van der Waals surface area contributed by atoms with Crippen LogP contribution in [0.4, 0.5) is 0 Å². The van der Waals surface area contributed by atoms with E-state index in [0.29, 0.717) is 31.1 Å². The lowest BCUT2D eigenvalue weighted by molar-refractivity contribution is -0.140. The van der Waals surface area contributed by atoms with E-state index in [1.54, 1.807) is 12.1 Å². The zero-order chi connectivity index (χ0) is 28.4. The van der Waals surface area contributed by atoms with Crippen LogP contribution in [-0.2, 0) is 27.1 Å². The molecule has 0 heterocycles. The fourth-order valence-corrected chi connectivity index (χ4v) is 4.39. The van der Waals surface area contributed by atoms with Crippen LogP contribution in [0, 0.1) is 5.92 Å². The van der Waals surface area contributed by atoms with Crippen molar-refractivity contribution >= 4 is 11.9 Å². The van der Waals surface area contributed by atoms with Crippen LogP contribution in [-0.4, -0.2) is 39.4 Å². The Balaban J connectivity index is 1.55. The average Bonchev–Trinajstić information content (AvgIpc) is 3.00. The highest BCUT2D eigenvalue weighted by Crippen LogP contribution is 2.22. The molecule has 0 bridgehead atoms. The zero-order valence-electron chi connectivity index (χ0n) is 23.6. The van der Waals surface area contributed by atoms with Gasteiger partial charge in [0.05, 0.1) is 33.0 Å². The Morgan fingerprint density at radius 1 is 0.775 bits per heavy atom. The first kappa shape index (κ1) is 30.5. The van der Waals surface area contributed by atoms with Gasteiger partial charge in [-0.2, -0.15) is 0 Å². The van der Waals surface area contributed by atoms with Crippen molar-refractivity contribution in [1.82, 2.24) is 0 Å². The number of rotatable bonds is 17. The third-order valence-electron chi connectivity index (χ3n) is 6.58. The van der Waals surface area contributed by atoms with Gasteiger partial charge in [-0.1, -0.05) is 67.1 Å². The maximum absolute atomic E-state index is 11.8. The molecule has 212 valence electrons. The molecule has 0 aliphatic heterocycles. The Bertz CT molecular complexity index is 1190. The number of carbonyl (C=O) groups excluding carboxylic acids is 2. The van der Waals surface area contributed by atoms with Gasteiger partial charge in [0.2, 0.25) is 0 Å². The summed E-state index contributed by atoms with van der Waals surface area (Å²) in [6.07, 6.45) is 9.96. The maximum Gasteiger partial charge on any atom is 0.337 e. The molecule has 6 heteroatoms. The molecule has 0 saturated carbocycles. The van der Waals surface area contributed by atoms with Crippen molar-refractivity contribution in [2.24, 2.45) is 5.92 Å². The lowest BCUT2D eigenvalue weighted by Crippen LogP contribution is -2.06. The molecule has 3 aromatic rings. The minimum Gasteiger partial charge on any atom is -0.493 e. The molecule has 3 rings (SSSR count). The fraction of sp³-hybridized carbons (Fsp3) is 0.353. The van der Waals surface area contributed by atoms with Gasteiger partial charge in [0, 0.05) is 12.8 Å². The van der Waals surface area contributed by atoms with E-state index in [2.05, 4.69) is 18.2 Å². The van der Waals surface area contributed by atoms with Crippen molar-refractivity contribution in [3.05, 3.63) is 108 Å². The minimum atomic E-state index is -0.338. The predicted molar refractivity (Wildman–Crippen MR) is 157 cm³/mol. The van der Waals surface area contributed by atoms with E-state index in [1.165, 1.54) is 14.2 Å². The number of hydrogen-bond donors (Lipinski definition) is 0. The van der Waals surface area contributed by atoms with Gasteiger partial charge in [-0.3, -0.25) is 4.79 Å². The first-order valence-electron chi connectivity index (χ1n) is 13.9. The van der Waals surface area contributed by atoms with Gasteiger partial charge in [-0.25, -0.2) is 4.79 Å².